The second kappa shape index (κ2) is 6.95. The van der Waals surface area contributed by atoms with Crippen molar-refractivity contribution in [2.75, 3.05) is 31.1 Å². The number of hydrogen-bond donors (Lipinski definition) is 0. The summed E-state index contributed by atoms with van der Waals surface area (Å²) in [4.78, 5) is 27.5. The van der Waals surface area contributed by atoms with Crippen LogP contribution in [0.1, 0.15) is 21.7 Å². The zero-order valence-electron chi connectivity index (χ0n) is 16.6. The Labute approximate surface area is 169 Å². The molecule has 2 aromatic heterocycles. The maximum absolute atomic E-state index is 12.9. The number of carbonyl (C=O) groups excluding carboxylic acids is 1. The van der Waals surface area contributed by atoms with Crippen molar-refractivity contribution in [2.24, 2.45) is 11.8 Å². The average molecular weight is 389 g/mol. The fraction of sp³-hybridized carbons (Fsp3) is 0.381. The standard InChI is InChI=1S/C21H23N7O/c1-14-15(2)22-13-23-20(14)26-9-16-11-27(12-17(16)10-26)21(29)19-8-24-28(25-19)18-6-4-3-5-7-18/h3-8,13,16-17H,9-12H2,1-2H3. The smallest absolute Gasteiger partial charge is 0.276 e. The molecule has 2 aliphatic rings. The minimum Gasteiger partial charge on any atom is -0.356 e. The molecule has 0 N–H and O–H groups in total. The molecule has 0 saturated carbocycles. The Kier molecular flexibility index (Phi) is 4.26. The van der Waals surface area contributed by atoms with Gasteiger partial charge >= 0.3 is 0 Å². The Balaban J connectivity index is 1.27. The van der Waals surface area contributed by atoms with Gasteiger partial charge in [0, 0.05) is 49.3 Å². The van der Waals surface area contributed by atoms with Gasteiger partial charge in [-0.2, -0.15) is 9.90 Å². The predicted molar refractivity (Wildman–Crippen MR) is 108 cm³/mol. The van der Waals surface area contributed by atoms with E-state index in [9.17, 15) is 4.79 Å². The molecule has 3 aromatic rings. The molecule has 5 rings (SSSR count). The molecule has 29 heavy (non-hydrogen) atoms. The number of rotatable bonds is 3. The predicted octanol–water partition coefficient (Wildman–Crippen LogP) is 1.88. The van der Waals surface area contributed by atoms with Crippen molar-refractivity contribution < 1.29 is 4.79 Å². The van der Waals surface area contributed by atoms with Crippen molar-refractivity contribution in [2.45, 2.75) is 13.8 Å². The zero-order valence-corrected chi connectivity index (χ0v) is 16.6. The number of aromatic nitrogens is 5. The number of para-hydroxylation sites is 1. The molecule has 2 fully saturated rings. The van der Waals surface area contributed by atoms with Gasteiger partial charge in [-0.1, -0.05) is 18.2 Å². The molecule has 8 nitrogen and oxygen atoms in total. The van der Waals surface area contributed by atoms with E-state index in [1.807, 2.05) is 42.2 Å². The number of aryl methyl sites for hydroxylation is 1. The summed E-state index contributed by atoms with van der Waals surface area (Å²) in [5, 5.41) is 8.65. The summed E-state index contributed by atoms with van der Waals surface area (Å²) in [7, 11) is 0. The van der Waals surface area contributed by atoms with E-state index in [4.69, 9.17) is 0 Å². The van der Waals surface area contributed by atoms with Crippen molar-refractivity contribution in [3.05, 3.63) is 59.8 Å². The molecule has 8 heteroatoms. The quantitative estimate of drug-likeness (QED) is 0.681. The molecule has 2 atom stereocenters. The molecule has 2 saturated heterocycles. The first kappa shape index (κ1) is 17.8. The van der Waals surface area contributed by atoms with Gasteiger partial charge < -0.3 is 9.80 Å². The van der Waals surface area contributed by atoms with E-state index in [0.717, 1.165) is 48.9 Å². The third-order valence-electron chi connectivity index (χ3n) is 6.08. The molecule has 1 amide bonds. The van der Waals surface area contributed by atoms with Crippen molar-refractivity contribution in [1.29, 1.82) is 0 Å². The first-order valence-corrected chi connectivity index (χ1v) is 9.90. The monoisotopic (exact) mass is 389 g/mol. The fourth-order valence-corrected chi connectivity index (χ4v) is 4.39. The summed E-state index contributed by atoms with van der Waals surface area (Å²) in [6.45, 7) is 7.43. The summed E-state index contributed by atoms with van der Waals surface area (Å²) in [5.41, 5.74) is 3.40. The highest BCUT2D eigenvalue weighted by molar-refractivity contribution is 5.92. The van der Waals surface area contributed by atoms with E-state index in [1.165, 1.54) is 4.80 Å². The van der Waals surface area contributed by atoms with Gasteiger partial charge in [0.2, 0.25) is 0 Å². The average Bonchev–Trinajstić information content (AvgIpc) is 3.45. The lowest BCUT2D eigenvalue weighted by Gasteiger charge is -2.23. The molecule has 148 valence electrons. The van der Waals surface area contributed by atoms with Gasteiger partial charge in [0.15, 0.2) is 5.69 Å². The topological polar surface area (TPSA) is 80.0 Å². The highest BCUT2D eigenvalue weighted by Gasteiger charge is 2.42. The summed E-state index contributed by atoms with van der Waals surface area (Å²) in [6, 6.07) is 9.62. The largest absolute Gasteiger partial charge is 0.356 e. The van der Waals surface area contributed by atoms with Crippen LogP contribution in [0.25, 0.3) is 5.69 Å². The lowest BCUT2D eigenvalue weighted by atomic mass is 10.0. The number of carbonyl (C=O) groups is 1. The number of benzene rings is 1. The van der Waals surface area contributed by atoms with Gasteiger partial charge in [0.05, 0.1) is 11.9 Å². The Bertz CT molecular complexity index is 1030. The first-order chi connectivity index (χ1) is 14.1. The summed E-state index contributed by atoms with van der Waals surface area (Å²) in [5.74, 6) is 1.90. The van der Waals surface area contributed by atoms with Crippen LogP contribution in [-0.4, -0.2) is 61.9 Å². The maximum Gasteiger partial charge on any atom is 0.276 e. The number of anilines is 1. The zero-order chi connectivity index (χ0) is 20.0. The Morgan fingerprint density at radius 3 is 2.45 bits per heavy atom. The molecule has 0 spiro atoms. The van der Waals surface area contributed by atoms with E-state index in [2.05, 4.69) is 32.0 Å². The van der Waals surface area contributed by atoms with Crippen molar-refractivity contribution in [3.8, 4) is 5.69 Å². The molecule has 0 aliphatic carbocycles. The van der Waals surface area contributed by atoms with Crippen LogP contribution in [0.3, 0.4) is 0 Å². The van der Waals surface area contributed by atoms with Crippen LogP contribution in [0.5, 0.6) is 0 Å². The highest BCUT2D eigenvalue weighted by atomic mass is 16.2. The van der Waals surface area contributed by atoms with Gasteiger partial charge in [0.1, 0.15) is 12.1 Å². The van der Waals surface area contributed by atoms with Gasteiger partial charge in [-0.05, 0) is 26.0 Å². The van der Waals surface area contributed by atoms with Crippen molar-refractivity contribution in [1.82, 2.24) is 29.9 Å². The SMILES string of the molecule is Cc1ncnc(N2CC3CN(C(=O)c4cnn(-c5ccccc5)n4)CC3C2)c1C. The van der Waals surface area contributed by atoms with Gasteiger partial charge in [-0.15, -0.1) is 5.10 Å². The van der Waals surface area contributed by atoms with E-state index in [-0.39, 0.29) is 5.91 Å². The van der Waals surface area contributed by atoms with Crippen LogP contribution >= 0.6 is 0 Å². The molecule has 0 bridgehead atoms. The molecule has 1 aromatic carbocycles. The number of amides is 1. The minimum absolute atomic E-state index is 0.0396. The van der Waals surface area contributed by atoms with Gasteiger partial charge in [-0.25, -0.2) is 9.97 Å². The second-order valence-electron chi connectivity index (χ2n) is 7.90. The lowest BCUT2D eigenvalue weighted by molar-refractivity contribution is 0.0776. The number of fused-ring (bicyclic) bond motifs is 1. The highest BCUT2D eigenvalue weighted by Crippen LogP contribution is 2.35. The van der Waals surface area contributed by atoms with Crippen LogP contribution in [0.4, 0.5) is 5.82 Å². The van der Waals surface area contributed by atoms with Crippen LogP contribution in [-0.2, 0) is 0 Å². The van der Waals surface area contributed by atoms with Gasteiger partial charge in [0.25, 0.3) is 5.91 Å². The number of likely N-dealkylation sites (tertiary alicyclic amines) is 1. The van der Waals surface area contributed by atoms with Crippen LogP contribution < -0.4 is 4.90 Å². The summed E-state index contributed by atoms with van der Waals surface area (Å²) < 4.78 is 0. The molecular formula is C21H23N7O. The van der Waals surface area contributed by atoms with Crippen LogP contribution in [0, 0.1) is 25.7 Å². The molecule has 2 unspecified atom stereocenters. The van der Waals surface area contributed by atoms with E-state index >= 15 is 0 Å². The molecule has 0 radical (unpaired) electrons. The maximum atomic E-state index is 12.9. The molecule has 2 aliphatic heterocycles. The second-order valence-corrected chi connectivity index (χ2v) is 7.90. The fourth-order valence-electron chi connectivity index (χ4n) is 4.39. The third-order valence-corrected chi connectivity index (χ3v) is 6.08. The molecule has 4 heterocycles. The summed E-state index contributed by atoms with van der Waals surface area (Å²) >= 11 is 0. The minimum atomic E-state index is -0.0396. The Morgan fingerprint density at radius 2 is 1.72 bits per heavy atom. The lowest BCUT2D eigenvalue weighted by Crippen LogP contribution is -2.34. The Hall–Kier alpha value is -3.29. The van der Waals surface area contributed by atoms with E-state index < -0.39 is 0 Å². The third kappa shape index (κ3) is 3.14. The normalized spacial score (nSPS) is 20.9. The first-order valence-electron chi connectivity index (χ1n) is 9.90. The molecular weight excluding hydrogens is 366 g/mol. The van der Waals surface area contributed by atoms with Crippen molar-refractivity contribution in [3.63, 3.8) is 0 Å². The number of hydrogen-bond acceptors (Lipinski definition) is 6. The van der Waals surface area contributed by atoms with Crippen LogP contribution in [0.15, 0.2) is 42.9 Å². The van der Waals surface area contributed by atoms with E-state index in [0.29, 0.717) is 17.5 Å². The van der Waals surface area contributed by atoms with Crippen molar-refractivity contribution >= 4 is 11.7 Å². The van der Waals surface area contributed by atoms with Gasteiger partial charge in [-0.3, -0.25) is 4.79 Å². The van der Waals surface area contributed by atoms with Crippen LogP contribution in [0.2, 0.25) is 0 Å². The number of nitrogens with zero attached hydrogens (tertiary/aromatic N) is 7. The van der Waals surface area contributed by atoms with E-state index in [1.54, 1.807) is 12.5 Å². The summed E-state index contributed by atoms with van der Waals surface area (Å²) in [6.07, 6.45) is 3.19. The Morgan fingerprint density at radius 1 is 1.00 bits per heavy atom.